The number of amides is 1. The monoisotopic (exact) mass is 371 g/mol. The number of anilines is 1. The van der Waals surface area contributed by atoms with Gasteiger partial charge in [-0.1, -0.05) is 29.5 Å². The van der Waals surface area contributed by atoms with Gasteiger partial charge in [-0.2, -0.15) is 0 Å². The van der Waals surface area contributed by atoms with Gasteiger partial charge in [-0.25, -0.2) is 9.97 Å². The van der Waals surface area contributed by atoms with Crippen LogP contribution < -0.4 is 5.32 Å². The Morgan fingerprint density at radius 2 is 1.75 bits per heavy atom. The van der Waals surface area contributed by atoms with Crippen molar-refractivity contribution < 1.29 is 4.79 Å². The van der Waals surface area contributed by atoms with Crippen LogP contribution in [0.3, 0.4) is 0 Å². The van der Waals surface area contributed by atoms with Gasteiger partial charge < -0.3 is 5.32 Å². The molecule has 0 aliphatic rings. The first-order chi connectivity index (χ1) is 11.7. The summed E-state index contributed by atoms with van der Waals surface area (Å²) in [5, 5.41) is 4.58. The molecule has 2 aromatic heterocycles. The highest BCUT2D eigenvalue weighted by Gasteiger charge is 2.12. The van der Waals surface area contributed by atoms with E-state index >= 15 is 0 Å². The van der Waals surface area contributed by atoms with Gasteiger partial charge in [-0.3, -0.25) is 4.79 Å². The number of nitrogens with one attached hydrogen (secondary N) is 1. The van der Waals surface area contributed by atoms with Crippen LogP contribution >= 0.6 is 34.4 Å². The van der Waals surface area contributed by atoms with Crippen LogP contribution in [0.2, 0.25) is 0 Å². The number of nitrogens with zero attached hydrogens (tertiary/aromatic N) is 2. The van der Waals surface area contributed by atoms with Crippen molar-refractivity contribution in [1.29, 1.82) is 0 Å². The molecule has 24 heavy (non-hydrogen) atoms. The molecule has 1 amide bonds. The minimum absolute atomic E-state index is 0.0420. The van der Waals surface area contributed by atoms with Gasteiger partial charge >= 0.3 is 0 Å². The normalized spacial score (nSPS) is 11.2. The summed E-state index contributed by atoms with van der Waals surface area (Å²) in [6.45, 7) is 2.00. The Hall–Kier alpha value is -1.96. The molecule has 0 saturated carbocycles. The van der Waals surface area contributed by atoms with Crippen molar-refractivity contribution in [2.24, 2.45) is 0 Å². The summed E-state index contributed by atoms with van der Waals surface area (Å²) in [6, 6.07) is 13.8. The zero-order valence-corrected chi connectivity index (χ0v) is 15.2. The lowest BCUT2D eigenvalue weighted by Crippen LogP contribution is -2.13. The van der Waals surface area contributed by atoms with E-state index in [0.717, 1.165) is 30.3 Å². The fraction of sp³-hybridized carbons (Fsp3) is 0.118. The number of thioether (sulfide) groups is 1. The number of thiazole rings is 2. The van der Waals surface area contributed by atoms with E-state index in [1.54, 1.807) is 11.3 Å². The van der Waals surface area contributed by atoms with Crippen LogP contribution in [0, 0.1) is 6.92 Å². The molecule has 2 heterocycles. The van der Waals surface area contributed by atoms with Gasteiger partial charge in [0.2, 0.25) is 5.91 Å². The van der Waals surface area contributed by atoms with Gasteiger partial charge in [0.05, 0.1) is 31.2 Å². The van der Waals surface area contributed by atoms with Crippen molar-refractivity contribution in [2.75, 3.05) is 11.1 Å². The second-order valence-electron chi connectivity index (χ2n) is 5.16. The van der Waals surface area contributed by atoms with Crippen molar-refractivity contribution in [2.45, 2.75) is 11.8 Å². The molecule has 0 bridgehead atoms. The molecule has 0 aliphatic heterocycles. The maximum atomic E-state index is 12.2. The van der Waals surface area contributed by atoms with E-state index in [0.29, 0.717) is 10.9 Å². The predicted molar refractivity (Wildman–Crippen MR) is 103 cm³/mol. The summed E-state index contributed by atoms with van der Waals surface area (Å²) >= 11 is 4.69. The Bertz CT molecular complexity index is 1020. The zero-order chi connectivity index (χ0) is 16.5. The molecular formula is C17H13N3OS3. The summed E-state index contributed by atoms with van der Waals surface area (Å²) in [4.78, 5) is 22.3. The summed E-state index contributed by atoms with van der Waals surface area (Å²) < 4.78 is 2.23. The minimum Gasteiger partial charge on any atom is -0.301 e. The maximum Gasteiger partial charge on any atom is 0.236 e. The molecule has 120 valence electrons. The Kier molecular flexibility index (Phi) is 4.22. The average Bonchev–Trinajstić information content (AvgIpc) is 3.15. The van der Waals surface area contributed by atoms with Gasteiger partial charge in [0.1, 0.15) is 0 Å². The lowest BCUT2D eigenvalue weighted by molar-refractivity contribution is -0.113. The molecular weight excluding hydrogens is 358 g/mol. The number of benzene rings is 2. The van der Waals surface area contributed by atoms with E-state index in [1.165, 1.54) is 23.1 Å². The first-order valence-corrected chi connectivity index (χ1v) is 9.95. The molecule has 1 N–H and O–H groups in total. The Morgan fingerprint density at radius 1 is 1.04 bits per heavy atom. The van der Waals surface area contributed by atoms with Gasteiger partial charge in [0.25, 0.3) is 0 Å². The highest BCUT2D eigenvalue weighted by atomic mass is 32.2. The molecule has 4 nitrogen and oxygen atoms in total. The van der Waals surface area contributed by atoms with Crippen LogP contribution in [0.5, 0.6) is 0 Å². The van der Waals surface area contributed by atoms with Crippen LogP contribution in [0.4, 0.5) is 5.13 Å². The summed E-state index contributed by atoms with van der Waals surface area (Å²) in [7, 11) is 0. The number of aromatic nitrogens is 2. The molecule has 0 saturated heterocycles. The van der Waals surface area contributed by atoms with Crippen molar-refractivity contribution >= 4 is 65.9 Å². The van der Waals surface area contributed by atoms with Crippen LogP contribution in [0.25, 0.3) is 20.4 Å². The zero-order valence-electron chi connectivity index (χ0n) is 12.8. The number of carbonyl (C=O) groups is 1. The van der Waals surface area contributed by atoms with Crippen molar-refractivity contribution in [3.05, 3.63) is 47.5 Å². The van der Waals surface area contributed by atoms with Crippen LogP contribution in [0.1, 0.15) is 5.01 Å². The largest absolute Gasteiger partial charge is 0.301 e. The lowest BCUT2D eigenvalue weighted by Gasteiger charge is -2.01. The van der Waals surface area contributed by atoms with Crippen molar-refractivity contribution in [3.8, 4) is 0 Å². The highest BCUT2D eigenvalue weighted by Crippen LogP contribution is 2.35. The number of hydrogen-bond donors (Lipinski definition) is 1. The van der Waals surface area contributed by atoms with Crippen molar-refractivity contribution in [1.82, 2.24) is 9.97 Å². The second kappa shape index (κ2) is 6.51. The number of rotatable bonds is 4. The summed E-state index contributed by atoms with van der Waals surface area (Å²) in [5.41, 5.74) is 1.90. The third-order valence-electron chi connectivity index (χ3n) is 3.38. The molecule has 2 aromatic carbocycles. The van der Waals surface area contributed by atoms with Gasteiger partial charge in [0.15, 0.2) is 5.13 Å². The van der Waals surface area contributed by atoms with E-state index in [4.69, 9.17) is 0 Å². The Morgan fingerprint density at radius 3 is 2.54 bits per heavy atom. The standard InChI is InChI=1S/C17H13N3OS3/c1-10-18-12-7-8-13-16(15(12)23-10)24-17(19-13)20-14(21)9-22-11-5-3-2-4-6-11/h2-8H,9H2,1H3,(H,19,20,21). The van der Waals surface area contributed by atoms with E-state index in [1.807, 2.05) is 49.4 Å². The first-order valence-electron chi connectivity index (χ1n) is 7.33. The van der Waals surface area contributed by atoms with E-state index in [9.17, 15) is 4.79 Å². The minimum atomic E-state index is -0.0420. The molecule has 4 rings (SSSR count). The Balaban J connectivity index is 1.52. The average molecular weight is 372 g/mol. The fourth-order valence-corrected chi connectivity index (χ4v) is 5.10. The summed E-state index contributed by atoms with van der Waals surface area (Å²) in [6.07, 6.45) is 0. The molecule has 4 aromatic rings. The predicted octanol–water partition coefficient (Wildman–Crippen LogP) is 4.95. The number of carbonyl (C=O) groups excluding carboxylic acids is 1. The first kappa shape index (κ1) is 15.6. The van der Waals surface area contributed by atoms with Gasteiger partial charge in [0, 0.05) is 4.90 Å². The third kappa shape index (κ3) is 3.15. The quantitative estimate of drug-likeness (QED) is 0.516. The summed E-state index contributed by atoms with van der Waals surface area (Å²) in [5.74, 6) is 0.328. The van der Waals surface area contributed by atoms with E-state index in [2.05, 4.69) is 15.3 Å². The fourth-order valence-electron chi connectivity index (χ4n) is 2.36. The maximum absolute atomic E-state index is 12.2. The lowest BCUT2D eigenvalue weighted by atomic mass is 10.3. The number of hydrogen-bond acceptors (Lipinski definition) is 6. The van der Waals surface area contributed by atoms with Crippen LogP contribution in [-0.2, 0) is 4.79 Å². The highest BCUT2D eigenvalue weighted by molar-refractivity contribution is 8.00. The molecule has 0 fully saturated rings. The molecule has 0 atom stereocenters. The third-order valence-corrected chi connectivity index (χ3v) is 6.53. The number of fused-ring (bicyclic) bond motifs is 3. The molecule has 0 unspecified atom stereocenters. The molecule has 0 aliphatic carbocycles. The Labute approximate surface area is 151 Å². The SMILES string of the molecule is Cc1nc2ccc3nc(NC(=O)CSc4ccccc4)sc3c2s1. The van der Waals surface area contributed by atoms with Crippen LogP contribution in [0.15, 0.2) is 47.4 Å². The van der Waals surface area contributed by atoms with Crippen molar-refractivity contribution in [3.63, 3.8) is 0 Å². The van der Waals surface area contributed by atoms with E-state index < -0.39 is 0 Å². The van der Waals surface area contributed by atoms with Gasteiger partial charge in [-0.15, -0.1) is 23.1 Å². The topological polar surface area (TPSA) is 54.9 Å². The number of aryl methyl sites for hydroxylation is 1. The molecule has 0 radical (unpaired) electrons. The molecule has 0 spiro atoms. The molecule has 7 heteroatoms. The van der Waals surface area contributed by atoms with E-state index in [-0.39, 0.29) is 5.91 Å². The second-order valence-corrected chi connectivity index (χ2v) is 8.41. The van der Waals surface area contributed by atoms with Crippen LogP contribution in [-0.4, -0.2) is 21.6 Å². The van der Waals surface area contributed by atoms with Gasteiger partial charge in [-0.05, 0) is 31.2 Å². The smallest absolute Gasteiger partial charge is 0.236 e.